The molecule has 0 aliphatic rings. The van der Waals surface area contributed by atoms with Crippen LogP contribution in [-0.4, -0.2) is 30.0 Å². The average Bonchev–Trinajstić information content (AvgIpc) is 2.93. The zero-order valence-electron chi connectivity index (χ0n) is 11.9. The molecule has 0 bridgehead atoms. The van der Waals surface area contributed by atoms with Crippen molar-refractivity contribution in [2.45, 2.75) is 19.9 Å². The molecule has 0 spiro atoms. The summed E-state index contributed by atoms with van der Waals surface area (Å²) in [4.78, 5) is 22.2. The number of oxazole rings is 1. The van der Waals surface area contributed by atoms with Crippen molar-refractivity contribution >= 4 is 11.7 Å². The molecule has 0 unspecified atom stereocenters. The Balaban J connectivity index is 2.08. The molecule has 0 aliphatic carbocycles. The molecule has 1 N–H and O–H groups in total. The Bertz CT molecular complexity index is 592. The molecule has 2 aromatic rings. The minimum absolute atomic E-state index is 0.232. The van der Waals surface area contributed by atoms with Gasteiger partial charge in [0.15, 0.2) is 12.1 Å². The van der Waals surface area contributed by atoms with Gasteiger partial charge in [0.2, 0.25) is 0 Å². The van der Waals surface area contributed by atoms with Crippen molar-refractivity contribution in [3.8, 4) is 0 Å². The van der Waals surface area contributed by atoms with E-state index >= 15 is 0 Å². The normalized spacial score (nSPS) is 10.3. The summed E-state index contributed by atoms with van der Waals surface area (Å²) in [7, 11) is 3.83. The second-order valence-corrected chi connectivity index (χ2v) is 4.54. The lowest BCUT2D eigenvalue weighted by Gasteiger charge is -2.15. The van der Waals surface area contributed by atoms with Crippen LogP contribution >= 0.6 is 0 Å². The molecule has 0 atom stereocenters. The Labute approximate surface area is 117 Å². The fraction of sp³-hybridized carbons (Fsp3) is 0.357. The molecule has 106 valence electrons. The van der Waals surface area contributed by atoms with E-state index in [1.807, 2.05) is 38.1 Å². The lowest BCUT2D eigenvalue weighted by molar-refractivity contribution is 0.0944. The highest BCUT2D eigenvalue weighted by molar-refractivity contribution is 5.93. The smallest absolute Gasteiger partial charge is 0.273 e. The van der Waals surface area contributed by atoms with Crippen LogP contribution in [0.25, 0.3) is 0 Å². The van der Waals surface area contributed by atoms with Crippen molar-refractivity contribution in [1.82, 2.24) is 15.3 Å². The Morgan fingerprint density at radius 1 is 1.40 bits per heavy atom. The van der Waals surface area contributed by atoms with Gasteiger partial charge in [-0.05, 0) is 6.07 Å². The van der Waals surface area contributed by atoms with Crippen LogP contribution in [0, 0.1) is 0 Å². The van der Waals surface area contributed by atoms with E-state index < -0.39 is 0 Å². The standard InChI is InChI=1S/C14H18N4O2/c1-4-11-12(17-9-20-11)14(19)16-8-10-6-5-7-15-13(10)18(2)3/h5-7,9H,4,8H2,1-3H3,(H,16,19). The van der Waals surface area contributed by atoms with E-state index in [1.54, 1.807) is 6.20 Å². The Hall–Kier alpha value is -2.37. The van der Waals surface area contributed by atoms with E-state index in [0.29, 0.717) is 24.4 Å². The van der Waals surface area contributed by atoms with E-state index in [1.165, 1.54) is 6.39 Å². The van der Waals surface area contributed by atoms with E-state index in [0.717, 1.165) is 11.4 Å². The van der Waals surface area contributed by atoms with Crippen LogP contribution in [0.4, 0.5) is 5.82 Å². The topological polar surface area (TPSA) is 71.3 Å². The van der Waals surface area contributed by atoms with Crippen LogP contribution < -0.4 is 10.2 Å². The molecule has 0 aromatic carbocycles. The number of nitrogens with one attached hydrogen (secondary N) is 1. The third-order valence-corrected chi connectivity index (χ3v) is 2.91. The fourth-order valence-corrected chi connectivity index (χ4v) is 1.94. The van der Waals surface area contributed by atoms with Gasteiger partial charge in [-0.1, -0.05) is 13.0 Å². The van der Waals surface area contributed by atoms with Crippen molar-refractivity contribution in [3.63, 3.8) is 0 Å². The molecule has 1 amide bonds. The fourth-order valence-electron chi connectivity index (χ4n) is 1.94. The predicted molar refractivity (Wildman–Crippen MR) is 75.6 cm³/mol. The van der Waals surface area contributed by atoms with Gasteiger partial charge >= 0.3 is 0 Å². The monoisotopic (exact) mass is 274 g/mol. The number of rotatable bonds is 5. The summed E-state index contributed by atoms with van der Waals surface area (Å²) >= 11 is 0. The molecule has 0 saturated heterocycles. The number of aromatic nitrogens is 2. The lowest BCUT2D eigenvalue weighted by Crippen LogP contribution is -2.25. The van der Waals surface area contributed by atoms with Gasteiger partial charge in [-0.15, -0.1) is 0 Å². The van der Waals surface area contributed by atoms with Gasteiger partial charge in [-0.2, -0.15) is 0 Å². The van der Waals surface area contributed by atoms with E-state index in [9.17, 15) is 4.79 Å². The first-order valence-corrected chi connectivity index (χ1v) is 6.45. The molecule has 20 heavy (non-hydrogen) atoms. The van der Waals surface area contributed by atoms with Crippen LogP contribution in [0.3, 0.4) is 0 Å². The summed E-state index contributed by atoms with van der Waals surface area (Å²) in [6.07, 6.45) is 3.66. The number of carbonyl (C=O) groups is 1. The molecule has 0 aliphatic heterocycles. The highest BCUT2D eigenvalue weighted by Crippen LogP contribution is 2.14. The summed E-state index contributed by atoms with van der Waals surface area (Å²) < 4.78 is 5.16. The highest BCUT2D eigenvalue weighted by atomic mass is 16.3. The van der Waals surface area contributed by atoms with Crippen LogP contribution in [0.15, 0.2) is 29.1 Å². The molecule has 2 aromatic heterocycles. The zero-order chi connectivity index (χ0) is 14.5. The Kier molecular flexibility index (Phi) is 4.34. The van der Waals surface area contributed by atoms with Gasteiger partial charge in [0.05, 0.1) is 0 Å². The first-order valence-electron chi connectivity index (χ1n) is 6.45. The molecule has 0 radical (unpaired) electrons. The molecule has 6 nitrogen and oxygen atoms in total. The molecular formula is C14H18N4O2. The third kappa shape index (κ3) is 2.96. The van der Waals surface area contributed by atoms with Gasteiger partial charge in [0.25, 0.3) is 5.91 Å². The molecule has 6 heteroatoms. The van der Waals surface area contributed by atoms with Crippen molar-refractivity contribution < 1.29 is 9.21 Å². The minimum Gasteiger partial charge on any atom is -0.448 e. The van der Waals surface area contributed by atoms with Gasteiger partial charge in [-0.3, -0.25) is 4.79 Å². The second-order valence-electron chi connectivity index (χ2n) is 4.54. The number of pyridine rings is 1. The second kappa shape index (κ2) is 6.18. The number of hydrogen-bond donors (Lipinski definition) is 1. The summed E-state index contributed by atoms with van der Waals surface area (Å²) in [6, 6.07) is 3.79. The maximum absolute atomic E-state index is 12.1. The van der Waals surface area contributed by atoms with Crippen molar-refractivity contribution in [3.05, 3.63) is 41.7 Å². The maximum atomic E-state index is 12.1. The van der Waals surface area contributed by atoms with Crippen LogP contribution in [0.1, 0.15) is 28.7 Å². The molecule has 0 fully saturated rings. The zero-order valence-corrected chi connectivity index (χ0v) is 11.9. The van der Waals surface area contributed by atoms with E-state index in [2.05, 4.69) is 15.3 Å². The molecular weight excluding hydrogens is 256 g/mol. The van der Waals surface area contributed by atoms with Gasteiger partial charge in [0.1, 0.15) is 11.6 Å². The number of anilines is 1. The summed E-state index contributed by atoms with van der Waals surface area (Å²) in [5.41, 5.74) is 1.30. The molecule has 2 rings (SSSR count). The van der Waals surface area contributed by atoms with Gasteiger partial charge in [0, 0.05) is 38.8 Å². The number of aryl methyl sites for hydroxylation is 1. The summed E-state index contributed by atoms with van der Waals surface area (Å²) in [5, 5.41) is 2.84. The summed E-state index contributed by atoms with van der Waals surface area (Å²) in [5.74, 6) is 1.20. The molecule has 2 heterocycles. The predicted octanol–water partition coefficient (Wildman–Crippen LogP) is 1.63. The first kappa shape index (κ1) is 14.0. The van der Waals surface area contributed by atoms with Crippen molar-refractivity contribution in [1.29, 1.82) is 0 Å². The minimum atomic E-state index is -0.232. The lowest BCUT2D eigenvalue weighted by atomic mass is 10.2. The third-order valence-electron chi connectivity index (χ3n) is 2.91. The Morgan fingerprint density at radius 2 is 2.20 bits per heavy atom. The largest absolute Gasteiger partial charge is 0.448 e. The number of carbonyl (C=O) groups excluding carboxylic acids is 1. The van der Waals surface area contributed by atoms with Crippen LogP contribution in [0.2, 0.25) is 0 Å². The number of hydrogen-bond acceptors (Lipinski definition) is 5. The van der Waals surface area contributed by atoms with Gasteiger partial charge < -0.3 is 14.6 Å². The van der Waals surface area contributed by atoms with E-state index in [-0.39, 0.29) is 5.91 Å². The molecule has 0 saturated carbocycles. The first-order chi connectivity index (χ1) is 9.63. The van der Waals surface area contributed by atoms with Crippen molar-refractivity contribution in [2.75, 3.05) is 19.0 Å². The highest BCUT2D eigenvalue weighted by Gasteiger charge is 2.15. The van der Waals surface area contributed by atoms with Gasteiger partial charge in [-0.25, -0.2) is 9.97 Å². The number of nitrogens with zero attached hydrogens (tertiary/aromatic N) is 3. The SMILES string of the molecule is CCc1ocnc1C(=O)NCc1cccnc1N(C)C. The Morgan fingerprint density at radius 3 is 2.90 bits per heavy atom. The maximum Gasteiger partial charge on any atom is 0.273 e. The quantitative estimate of drug-likeness (QED) is 0.897. The number of amides is 1. The summed E-state index contributed by atoms with van der Waals surface area (Å²) in [6.45, 7) is 2.32. The van der Waals surface area contributed by atoms with E-state index in [4.69, 9.17) is 4.42 Å². The average molecular weight is 274 g/mol. The van der Waals surface area contributed by atoms with Crippen LogP contribution in [0.5, 0.6) is 0 Å². The van der Waals surface area contributed by atoms with Crippen molar-refractivity contribution in [2.24, 2.45) is 0 Å². The van der Waals surface area contributed by atoms with Crippen LogP contribution in [-0.2, 0) is 13.0 Å².